The number of esters is 1. The molecule has 3 aromatic rings. The van der Waals surface area contributed by atoms with Gasteiger partial charge in [0.1, 0.15) is 35.7 Å². The number of pyridine rings is 1. The van der Waals surface area contributed by atoms with Crippen LogP contribution < -0.4 is 15.4 Å². The average Bonchev–Trinajstić information content (AvgIpc) is 2.90. The molecule has 2 heterocycles. The van der Waals surface area contributed by atoms with Crippen LogP contribution in [0.1, 0.15) is 17.3 Å². The first-order valence-corrected chi connectivity index (χ1v) is 12.2. The number of benzene rings is 2. The first-order chi connectivity index (χ1) is 18.1. The number of aromatic nitrogens is 1. The Morgan fingerprint density at radius 2 is 1.92 bits per heavy atom. The Morgan fingerprint density at radius 3 is 2.61 bits per heavy atom. The molecule has 4 rings (SSSR count). The van der Waals surface area contributed by atoms with E-state index in [-0.39, 0.29) is 16.3 Å². The van der Waals surface area contributed by atoms with E-state index in [1.165, 1.54) is 20.2 Å². The quantitative estimate of drug-likeness (QED) is 0.269. The fraction of sp³-hybridized carbons (Fsp3) is 0.320. The van der Waals surface area contributed by atoms with E-state index in [1.54, 1.807) is 36.4 Å². The molecule has 0 spiro atoms. The van der Waals surface area contributed by atoms with Gasteiger partial charge in [-0.2, -0.15) is 0 Å². The molecule has 1 amide bonds. The highest BCUT2D eigenvalue weighted by Crippen LogP contribution is 2.37. The second kappa shape index (κ2) is 11.7. The van der Waals surface area contributed by atoms with Crippen molar-refractivity contribution >= 4 is 57.4 Å². The number of rotatable bonds is 7. The third-order valence-electron chi connectivity index (χ3n) is 5.94. The van der Waals surface area contributed by atoms with Crippen molar-refractivity contribution in [3.05, 3.63) is 58.2 Å². The zero-order valence-electron chi connectivity index (χ0n) is 20.2. The van der Waals surface area contributed by atoms with E-state index in [9.17, 15) is 24.9 Å². The van der Waals surface area contributed by atoms with Crippen molar-refractivity contribution in [3.8, 4) is 5.75 Å². The number of hydrogen-bond acceptors (Lipinski definition) is 10. The van der Waals surface area contributed by atoms with Crippen LogP contribution in [0.4, 0.5) is 11.4 Å². The molecule has 11 nitrogen and oxygen atoms in total. The summed E-state index contributed by atoms with van der Waals surface area (Å²) < 4.78 is 16.5. The van der Waals surface area contributed by atoms with E-state index in [0.717, 1.165) is 0 Å². The average molecular weight is 566 g/mol. The van der Waals surface area contributed by atoms with Crippen LogP contribution in [0.5, 0.6) is 5.75 Å². The highest BCUT2D eigenvalue weighted by Gasteiger charge is 2.46. The maximum Gasteiger partial charge on any atom is 0.341 e. The number of nitrogens with zero attached hydrogens (tertiary/aromatic N) is 1. The second-order valence-electron chi connectivity index (χ2n) is 8.50. The van der Waals surface area contributed by atoms with Gasteiger partial charge in [-0.25, -0.2) is 4.79 Å². The molecule has 1 fully saturated rings. The standard InChI is InChI=1S/C25H25Cl2N3O8/c1-11(32)29-21-23(34)22(33)17(10-31)38-25(21)37-13-5-3-4-12(8-13)30-19-14-6-7-16(26)18(27)20(14)28-9-15(19)24(35)36-2/h3-9,17,21-23,25,31,33-34H,10H2,1-2H3,(H,28,30)(H,29,32)/t17-,21+,22+,23-,25-/m0/s1. The third kappa shape index (κ3) is 5.63. The van der Waals surface area contributed by atoms with Gasteiger partial charge in [0.05, 0.1) is 35.0 Å². The molecule has 0 radical (unpaired) electrons. The summed E-state index contributed by atoms with van der Waals surface area (Å²) in [5, 5.41) is 37.0. The van der Waals surface area contributed by atoms with Gasteiger partial charge >= 0.3 is 5.97 Å². The van der Waals surface area contributed by atoms with E-state index in [0.29, 0.717) is 27.3 Å². The van der Waals surface area contributed by atoms with Crippen molar-refractivity contribution in [3.63, 3.8) is 0 Å². The van der Waals surface area contributed by atoms with Gasteiger partial charge in [0, 0.05) is 30.3 Å². The Kier molecular flexibility index (Phi) is 8.56. The topological polar surface area (TPSA) is 159 Å². The Hall–Kier alpha value is -3.19. The number of amides is 1. The number of ether oxygens (including phenoxy) is 3. The van der Waals surface area contributed by atoms with E-state index in [4.69, 9.17) is 37.4 Å². The van der Waals surface area contributed by atoms with Gasteiger partial charge in [-0.1, -0.05) is 29.3 Å². The largest absolute Gasteiger partial charge is 0.465 e. The SMILES string of the molecule is COC(=O)c1cnc2c(Cl)c(Cl)ccc2c1Nc1cccc(O[C@H]2O[C@@H](CO)[C@@H](O)[C@@H](O)[C@H]2NC(C)=O)c1. The van der Waals surface area contributed by atoms with Crippen LogP contribution in [0.25, 0.3) is 10.9 Å². The Bertz CT molecular complexity index is 1360. The number of nitrogens with one attached hydrogen (secondary N) is 2. The lowest BCUT2D eigenvalue weighted by Gasteiger charge is -2.42. The van der Waals surface area contributed by atoms with Gasteiger partial charge in [0.25, 0.3) is 0 Å². The van der Waals surface area contributed by atoms with Crippen molar-refractivity contribution in [1.29, 1.82) is 0 Å². The monoisotopic (exact) mass is 565 g/mol. The van der Waals surface area contributed by atoms with Crippen LogP contribution in [0.15, 0.2) is 42.6 Å². The number of halogens is 2. The summed E-state index contributed by atoms with van der Waals surface area (Å²) in [5.41, 5.74) is 1.37. The summed E-state index contributed by atoms with van der Waals surface area (Å²) >= 11 is 12.5. The predicted molar refractivity (Wildman–Crippen MR) is 139 cm³/mol. The van der Waals surface area contributed by atoms with Crippen molar-refractivity contribution in [2.24, 2.45) is 0 Å². The molecular weight excluding hydrogens is 541 g/mol. The van der Waals surface area contributed by atoms with Gasteiger partial charge in [0.15, 0.2) is 0 Å². The second-order valence-corrected chi connectivity index (χ2v) is 9.28. The highest BCUT2D eigenvalue weighted by atomic mass is 35.5. The maximum atomic E-state index is 12.5. The molecule has 38 heavy (non-hydrogen) atoms. The molecule has 1 aliphatic heterocycles. The number of hydrogen-bond donors (Lipinski definition) is 5. The lowest BCUT2D eigenvalue weighted by atomic mass is 9.97. The van der Waals surface area contributed by atoms with Crippen LogP contribution in [0.3, 0.4) is 0 Å². The van der Waals surface area contributed by atoms with Crippen LogP contribution in [0.2, 0.25) is 10.0 Å². The normalized spacial score (nSPS) is 23.1. The highest BCUT2D eigenvalue weighted by molar-refractivity contribution is 6.45. The maximum absolute atomic E-state index is 12.5. The minimum absolute atomic E-state index is 0.147. The number of aliphatic hydroxyl groups excluding tert-OH is 3. The summed E-state index contributed by atoms with van der Waals surface area (Å²) in [6.07, 6.45) is -3.95. The number of anilines is 2. The molecule has 0 saturated carbocycles. The fourth-order valence-corrected chi connectivity index (χ4v) is 4.47. The van der Waals surface area contributed by atoms with Gasteiger partial charge in [-0.15, -0.1) is 0 Å². The zero-order valence-corrected chi connectivity index (χ0v) is 21.7. The zero-order chi connectivity index (χ0) is 27.6. The van der Waals surface area contributed by atoms with Crippen molar-refractivity contribution < 1.29 is 39.1 Å². The smallest absolute Gasteiger partial charge is 0.341 e. The van der Waals surface area contributed by atoms with E-state index >= 15 is 0 Å². The number of carbonyl (C=O) groups excluding carboxylic acids is 2. The third-order valence-corrected chi connectivity index (χ3v) is 6.74. The van der Waals surface area contributed by atoms with E-state index in [1.807, 2.05) is 0 Å². The molecule has 0 aliphatic carbocycles. The predicted octanol–water partition coefficient (Wildman–Crippen LogP) is 2.39. The van der Waals surface area contributed by atoms with Crippen LogP contribution in [-0.2, 0) is 14.3 Å². The Morgan fingerprint density at radius 1 is 1.16 bits per heavy atom. The van der Waals surface area contributed by atoms with Crippen molar-refractivity contribution in [2.45, 2.75) is 37.6 Å². The van der Waals surface area contributed by atoms with Crippen molar-refractivity contribution in [1.82, 2.24) is 10.3 Å². The molecule has 5 atom stereocenters. The Balaban J connectivity index is 1.68. The Labute approximate surface area is 227 Å². The van der Waals surface area contributed by atoms with Crippen LogP contribution >= 0.6 is 23.2 Å². The molecule has 5 N–H and O–H groups in total. The van der Waals surface area contributed by atoms with E-state index in [2.05, 4.69) is 15.6 Å². The lowest BCUT2D eigenvalue weighted by Crippen LogP contribution is -2.65. The molecule has 202 valence electrons. The molecule has 1 saturated heterocycles. The minimum Gasteiger partial charge on any atom is -0.465 e. The van der Waals surface area contributed by atoms with Crippen molar-refractivity contribution in [2.75, 3.05) is 19.0 Å². The molecule has 0 bridgehead atoms. The summed E-state index contributed by atoms with van der Waals surface area (Å²) in [5.74, 6) is -0.846. The number of fused-ring (bicyclic) bond motifs is 1. The molecule has 2 aromatic carbocycles. The van der Waals surface area contributed by atoms with Gasteiger partial charge in [-0.3, -0.25) is 9.78 Å². The van der Waals surface area contributed by atoms with Gasteiger partial charge in [-0.05, 0) is 24.3 Å². The summed E-state index contributed by atoms with van der Waals surface area (Å²) in [4.78, 5) is 28.5. The molecular formula is C25H25Cl2N3O8. The first-order valence-electron chi connectivity index (χ1n) is 11.4. The van der Waals surface area contributed by atoms with Gasteiger partial charge in [0.2, 0.25) is 12.2 Å². The lowest BCUT2D eigenvalue weighted by molar-refractivity contribution is -0.244. The summed E-state index contributed by atoms with van der Waals surface area (Å²) in [7, 11) is 1.25. The first kappa shape index (κ1) is 27.8. The number of carbonyl (C=O) groups is 2. The molecule has 1 aromatic heterocycles. The summed E-state index contributed by atoms with van der Waals surface area (Å²) in [6.45, 7) is 0.667. The minimum atomic E-state index is -1.46. The molecule has 13 heteroatoms. The van der Waals surface area contributed by atoms with E-state index < -0.39 is 49.1 Å². The molecule has 1 aliphatic rings. The van der Waals surface area contributed by atoms with Crippen LogP contribution in [0, 0.1) is 0 Å². The number of methoxy groups -OCH3 is 1. The fourth-order valence-electron chi connectivity index (χ4n) is 4.10. The summed E-state index contributed by atoms with van der Waals surface area (Å²) in [6, 6.07) is 8.69. The van der Waals surface area contributed by atoms with Crippen LogP contribution in [-0.4, -0.2) is 76.5 Å². The molecule has 0 unspecified atom stereocenters. The number of aliphatic hydroxyl groups is 3. The van der Waals surface area contributed by atoms with Gasteiger partial charge < -0.3 is 40.2 Å².